The second-order valence-electron chi connectivity index (χ2n) is 9.92. The number of carbonyl (C=O) groups excluding carboxylic acids is 2. The molecule has 3 aromatic rings. The summed E-state index contributed by atoms with van der Waals surface area (Å²) < 4.78 is 10.9. The third kappa shape index (κ3) is 6.95. The number of fused-ring (bicyclic) bond motifs is 1. The summed E-state index contributed by atoms with van der Waals surface area (Å²) in [5.74, 6) is 0.869. The van der Waals surface area contributed by atoms with Crippen molar-refractivity contribution in [3.05, 3.63) is 82.7 Å². The first-order valence-electron chi connectivity index (χ1n) is 13.2. The average Bonchev–Trinajstić information content (AvgIpc) is 3.41. The molecule has 0 bridgehead atoms. The van der Waals surface area contributed by atoms with E-state index in [0.717, 1.165) is 29.8 Å². The van der Waals surface area contributed by atoms with Crippen LogP contribution >= 0.6 is 23.4 Å². The number of anilines is 1. The molecule has 2 amide bonds. The lowest BCUT2D eigenvalue weighted by Gasteiger charge is -2.37. The summed E-state index contributed by atoms with van der Waals surface area (Å²) in [6, 6.07) is 13.9. The lowest BCUT2D eigenvalue weighted by Crippen LogP contribution is -2.51. The Morgan fingerprint density at radius 2 is 1.80 bits per heavy atom. The number of nitrogens with zero attached hydrogens (tertiary/aromatic N) is 3. The van der Waals surface area contributed by atoms with Crippen LogP contribution in [0.5, 0.6) is 11.5 Å². The summed E-state index contributed by atoms with van der Waals surface area (Å²) in [4.78, 5) is 38.6. The first kappa shape index (κ1) is 28.0. The maximum absolute atomic E-state index is 14.0. The zero-order valence-electron chi connectivity index (χ0n) is 22.4. The Bertz CT molecular complexity index is 1400. The van der Waals surface area contributed by atoms with E-state index in [1.165, 1.54) is 11.8 Å². The molecule has 2 unspecified atom stereocenters. The van der Waals surface area contributed by atoms with Crippen molar-refractivity contribution in [3.63, 3.8) is 0 Å². The number of amides is 2. The molecule has 0 saturated carbocycles. The number of ether oxygens (including phenoxy) is 2. The van der Waals surface area contributed by atoms with Crippen molar-refractivity contribution in [1.29, 1.82) is 0 Å². The number of hydrogen-bond donors (Lipinski definition) is 1. The molecule has 1 aliphatic heterocycles. The third-order valence-corrected chi connectivity index (χ3v) is 7.96. The van der Waals surface area contributed by atoms with Crippen molar-refractivity contribution in [2.75, 3.05) is 17.9 Å². The van der Waals surface area contributed by atoms with E-state index in [2.05, 4.69) is 27.4 Å². The molecule has 2 heterocycles. The molecule has 1 N–H and O–H groups in total. The van der Waals surface area contributed by atoms with Crippen LogP contribution in [0, 0.1) is 19.8 Å². The fraction of sp³-hybridized carbons (Fsp3) is 0.333. The number of allylic oxidation sites excluding steroid dienone is 2. The van der Waals surface area contributed by atoms with Gasteiger partial charge in [-0.2, -0.15) is 0 Å². The molecule has 2 aromatic carbocycles. The summed E-state index contributed by atoms with van der Waals surface area (Å²) in [7, 11) is 0. The number of nitrogens with one attached hydrogen (secondary N) is 1. The minimum absolute atomic E-state index is 0.0438. The fourth-order valence-electron chi connectivity index (χ4n) is 5.00. The molecule has 1 aliphatic carbocycles. The molecule has 0 fully saturated rings. The van der Waals surface area contributed by atoms with Gasteiger partial charge in [-0.3, -0.25) is 9.59 Å². The topological polar surface area (TPSA) is 93.7 Å². The van der Waals surface area contributed by atoms with Gasteiger partial charge in [0.15, 0.2) is 16.7 Å². The Morgan fingerprint density at radius 3 is 2.52 bits per heavy atom. The standard InChI is InChI=1S/C30H31ClN4O4S/c1-19-14-20(2)33-30(32-19)40-17-27(36)35(16-21-8-10-23(31)11-9-21)28(22-6-4-3-5-7-22)29(37)34-24-12-13-25-26(15-24)39-18-38-25/h3-4,8-15,22,28H,5-7,16-18H2,1-2H3,(H,34,37). The summed E-state index contributed by atoms with van der Waals surface area (Å²) in [5, 5.41) is 4.19. The largest absolute Gasteiger partial charge is 0.454 e. The number of aromatic nitrogens is 2. The summed E-state index contributed by atoms with van der Waals surface area (Å²) in [6.07, 6.45) is 6.58. The number of rotatable bonds is 9. The van der Waals surface area contributed by atoms with E-state index in [0.29, 0.717) is 33.8 Å². The van der Waals surface area contributed by atoms with Crippen LogP contribution in [-0.4, -0.2) is 45.3 Å². The second kappa shape index (κ2) is 12.7. The van der Waals surface area contributed by atoms with Crippen molar-refractivity contribution < 1.29 is 19.1 Å². The van der Waals surface area contributed by atoms with E-state index in [1.807, 2.05) is 32.0 Å². The number of hydrogen-bond acceptors (Lipinski definition) is 7. The lowest BCUT2D eigenvalue weighted by molar-refractivity contribution is -0.139. The molecule has 208 valence electrons. The smallest absolute Gasteiger partial charge is 0.247 e. The Balaban J connectivity index is 1.44. The van der Waals surface area contributed by atoms with Crippen LogP contribution in [0.1, 0.15) is 36.2 Å². The highest BCUT2D eigenvalue weighted by Gasteiger charge is 2.37. The molecule has 1 aromatic heterocycles. The average molecular weight is 579 g/mol. The molecular weight excluding hydrogens is 548 g/mol. The van der Waals surface area contributed by atoms with Gasteiger partial charge in [0, 0.05) is 34.7 Å². The summed E-state index contributed by atoms with van der Waals surface area (Å²) in [6.45, 7) is 4.22. The van der Waals surface area contributed by atoms with Crippen LogP contribution < -0.4 is 14.8 Å². The van der Waals surface area contributed by atoms with E-state index < -0.39 is 6.04 Å². The van der Waals surface area contributed by atoms with Crippen LogP contribution in [0.25, 0.3) is 0 Å². The van der Waals surface area contributed by atoms with Gasteiger partial charge < -0.3 is 19.7 Å². The minimum atomic E-state index is -0.695. The van der Waals surface area contributed by atoms with E-state index in [4.69, 9.17) is 21.1 Å². The van der Waals surface area contributed by atoms with Crippen molar-refractivity contribution in [2.24, 2.45) is 5.92 Å². The highest BCUT2D eigenvalue weighted by Crippen LogP contribution is 2.35. The molecule has 5 rings (SSSR count). The number of carbonyl (C=O) groups is 2. The quantitative estimate of drug-likeness (QED) is 0.190. The van der Waals surface area contributed by atoms with Gasteiger partial charge in [0.1, 0.15) is 6.04 Å². The molecule has 0 radical (unpaired) electrons. The van der Waals surface area contributed by atoms with Gasteiger partial charge >= 0.3 is 0 Å². The number of aryl methyl sites for hydroxylation is 2. The van der Waals surface area contributed by atoms with E-state index in [1.54, 1.807) is 35.2 Å². The molecule has 0 spiro atoms. The third-order valence-electron chi connectivity index (χ3n) is 6.87. The molecule has 8 nitrogen and oxygen atoms in total. The van der Waals surface area contributed by atoms with Gasteiger partial charge in [0.2, 0.25) is 18.6 Å². The van der Waals surface area contributed by atoms with Gasteiger partial charge in [0.05, 0.1) is 5.75 Å². The predicted octanol–water partition coefficient (Wildman–Crippen LogP) is 5.96. The molecule has 10 heteroatoms. The Labute approximate surface area is 243 Å². The van der Waals surface area contributed by atoms with Gasteiger partial charge in [-0.05, 0) is 74.9 Å². The van der Waals surface area contributed by atoms with Crippen LogP contribution in [0.15, 0.2) is 65.8 Å². The normalized spacial score (nSPS) is 16.4. The SMILES string of the molecule is Cc1cc(C)nc(SCC(=O)N(Cc2ccc(Cl)cc2)C(C(=O)Nc2ccc3c(c2)OCO3)C2CC=CCC2)n1. The van der Waals surface area contributed by atoms with Crippen molar-refractivity contribution >= 4 is 40.9 Å². The van der Waals surface area contributed by atoms with E-state index in [-0.39, 0.29) is 36.8 Å². The maximum atomic E-state index is 14.0. The minimum Gasteiger partial charge on any atom is -0.454 e. The van der Waals surface area contributed by atoms with Gasteiger partial charge in [-0.15, -0.1) is 0 Å². The maximum Gasteiger partial charge on any atom is 0.247 e. The number of benzene rings is 2. The van der Waals surface area contributed by atoms with Crippen LogP contribution in [0.2, 0.25) is 5.02 Å². The fourth-order valence-corrected chi connectivity index (χ4v) is 5.96. The first-order chi connectivity index (χ1) is 19.4. The highest BCUT2D eigenvalue weighted by atomic mass is 35.5. The summed E-state index contributed by atoms with van der Waals surface area (Å²) >= 11 is 7.41. The van der Waals surface area contributed by atoms with Crippen molar-refractivity contribution in [3.8, 4) is 11.5 Å². The monoisotopic (exact) mass is 578 g/mol. The van der Waals surface area contributed by atoms with Gasteiger partial charge in [-0.1, -0.05) is 47.6 Å². The van der Waals surface area contributed by atoms with Crippen LogP contribution in [0.3, 0.4) is 0 Å². The van der Waals surface area contributed by atoms with Crippen LogP contribution in [-0.2, 0) is 16.1 Å². The highest BCUT2D eigenvalue weighted by molar-refractivity contribution is 7.99. The predicted molar refractivity (Wildman–Crippen MR) is 156 cm³/mol. The molecular formula is C30H31ClN4O4S. The Kier molecular flexibility index (Phi) is 8.91. The van der Waals surface area contributed by atoms with Gasteiger partial charge in [-0.25, -0.2) is 9.97 Å². The van der Waals surface area contributed by atoms with Gasteiger partial charge in [0.25, 0.3) is 0 Å². The Morgan fingerprint density at radius 1 is 1.05 bits per heavy atom. The van der Waals surface area contributed by atoms with Crippen molar-refractivity contribution in [2.45, 2.75) is 50.9 Å². The van der Waals surface area contributed by atoms with Crippen LogP contribution in [0.4, 0.5) is 5.69 Å². The Hall–Kier alpha value is -3.56. The molecule has 2 aliphatic rings. The lowest BCUT2D eigenvalue weighted by atomic mass is 9.86. The van der Waals surface area contributed by atoms with Crippen molar-refractivity contribution in [1.82, 2.24) is 14.9 Å². The van der Waals surface area contributed by atoms with E-state index >= 15 is 0 Å². The summed E-state index contributed by atoms with van der Waals surface area (Å²) in [5.41, 5.74) is 3.16. The number of thioether (sulfide) groups is 1. The molecule has 0 saturated heterocycles. The zero-order chi connectivity index (χ0) is 28.1. The van der Waals surface area contributed by atoms with E-state index in [9.17, 15) is 9.59 Å². The molecule has 40 heavy (non-hydrogen) atoms. The molecule has 2 atom stereocenters. The number of halogens is 1. The first-order valence-corrected chi connectivity index (χ1v) is 14.6. The zero-order valence-corrected chi connectivity index (χ0v) is 24.0. The second-order valence-corrected chi connectivity index (χ2v) is 11.3.